The molecule has 1 N–H and O–H groups in total. The lowest BCUT2D eigenvalue weighted by molar-refractivity contribution is 0.414. The van der Waals surface area contributed by atoms with Crippen LogP contribution in [0.1, 0.15) is 13.3 Å². The smallest absolute Gasteiger partial charge is 0.118 e. The number of methoxy groups -OCH3 is 1. The molecule has 2 unspecified atom stereocenters. The zero-order chi connectivity index (χ0) is 12.0. The predicted octanol–water partition coefficient (Wildman–Crippen LogP) is 1.80. The first kappa shape index (κ1) is 13.2. The van der Waals surface area contributed by atoms with Crippen molar-refractivity contribution in [3.8, 4) is 5.75 Å². The van der Waals surface area contributed by atoms with E-state index in [2.05, 4.69) is 12.2 Å². The zero-order valence-electron chi connectivity index (χ0n) is 10.0. The highest BCUT2D eigenvalue weighted by Crippen LogP contribution is 2.15. The second-order valence-electron chi connectivity index (χ2n) is 3.58. The van der Waals surface area contributed by atoms with E-state index in [9.17, 15) is 4.21 Å². The molecule has 0 heterocycles. The summed E-state index contributed by atoms with van der Waals surface area (Å²) in [6, 6.07) is 7.71. The van der Waals surface area contributed by atoms with Crippen LogP contribution in [0.5, 0.6) is 5.75 Å². The van der Waals surface area contributed by atoms with E-state index >= 15 is 0 Å². The number of benzene rings is 1. The lowest BCUT2D eigenvalue weighted by Crippen LogP contribution is -2.30. The van der Waals surface area contributed by atoms with Gasteiger partial charge >= 0.3 is 0 Å². The maximum atomic E-state index is 12.0. The molecular formula is C12H19NO2S. The van der Waals surface area contributed by atoms with Crippen LogP contribution in [0.15, 0.2) is 29.2 Å². The van der Waals surface area contributed by atoms with Crippen molar-refractivity contribution in [1.82, 2.24) is 5.32 Å². The number of hydrogen-bond donors (Lipinski definition) is 1. The van der Waals surface area contributed by atoms with Crippen molar-refractivity contribution >= 4 is 10.8 Å². The molecule has 0 aliphatic carbocycles. The van der Waals surface area contributed by atoms with Gasteiger partial charge in [0.15, 0.2) is 0 Å². The van der Waals surface area contributed by atoms with E-state index in [4.69, 9.17) is 4.74 Å². The fourth-order valence-corrected chi connectivity index (χ4v) is 2.81. The van der Waals surface area contributed by atoms with Gasteiger partial charge in [0.05, 0.1) is 17.9 Å². The molecule has 0 aliphatic rings. The highest BCUT2D eigenvalue weighted by molar-refractivity contribution is 7.85. The molecule has 0 fully saturated rings. The Kier molecular flexibility index (Phi) is 5.49. The lowest BCUT2D eigenvalue weighted by atomic mass is 10.3. The summed E-state index contributed by atoms with van der Waals surface area (Å²) in [7, 11) is 2.59. The highest BCUT2D eigenvalue weighted by atomic mass is 32.2. The van der Waals surface area contributed by atoms with Gasteiger partial charge in [0.2, 0.25) is 0 Å². The van der Waals surface area contributed by atoms with Gasteiger partial charge in [-0.2, -0.15) is 0 Å². The van der Waals surface area contributed by atoms with Crippen LogP contribution in [0.3, 0.4) is 0 Å². The van der Waals surface area contributed by atoms with Crippen LogP contribution in [-0.4, -0.2) is 30.2 Å². The normalized spacial score (nSPS) is 14.4. The molecule has 1 aromatic rings. The monoisotopic (exact) mass is 241 g/mol. The van der Waals surface area contributed by atoms with Crippen molar-refractivity contribution < 1.29 is 8.95 Å². The molecule has 0 saturated heterocycles. The van der Waals surface area contributed by atoms with Gasteiger partial charge in [0.25, 0.3) is 0 Å². The largest absolute Gasteiger partial charge is 0.497 e. The summed E-state index contributed by atoms with van der Waals surface area (Å²) >= 11 is 0. The van der Waals surface area contributed by atoms with E-state index in [-0.39, 0.29) is 0 Å². The Morgan fingerprint density at radius 1 is 1.38 bits per heavy atom. The maximum Gasteiger partial charge on any atom is 0.118 e. The average Bonchev–Trinajstić information content (AvgIpc) is 2.35. The van der Waals surface area contributed by atoms with Gasteiger partial charge in [-0.25, -0.2) is 0 Å². The third kappa shape index (κ3) is 3.61. The summed E-state index contributed by atoms with van der Waals surface area (Å²) < 4.78 is 17.1. The molecule has 1 rings (SSSR count). The van der Waals surface area contributed by atoms with Gasteiger partial charge in [-0.05, 0) is 37.7 Å². The quantitative estimate of drug-likeness (QED) is 0.825. The summed E-state index contributed by atoms with van der Waals surface area (Å²) in [6.45, 7) is 2.09. The van der Waals surface area contributed by atoms with Crippen molar-refractivity contribution in [2.45, 2.75) is 24.3 Å². The van der Waals surface area contributed by atoms with Gasteiger partial charge in [-0.15, -0.1) is 0 Å². The first-order valence-corrected chi connectivity index (χ1v) is 6.72. The minimum atomic E-state index is -0.942. The predicted molar refractivity (Wildman–Crippen MR) is 67.4 cm³/mol. The lowest BCUT2D eigenvalue weighted by Gasteiger charge is -2.13. The van der Waals surface area contributed by atoms with E-state index in [0.717, 1.165) is 17.1 Å². The number of nitrogens with one attached hydrogen (secondary N) is 1. The standard InChI is InChI=1S/C12H19NO2S/c1-4-10(13-2)9-16(14)12-7-5-11(15-3)6-8-12/h5-8,10,13H,4,9H2,1-3H3. The number of hydrogen-bond acceptors (Lipinski definition) is 3. The van der Waals surface area contributed by atoms with Crippen molar-refractivity contribution in [2.75, 3.05) is 19.9 Å². The van der Waals surface area contributed by atoms with E-state index in [1.54, 1.807) is 7.11 Å². The third-order valence-corrected chi connectivity index (χ3v) is 4.08. The molecule has 16 heavy (non-hydrogen) atoms. The zero-order valence-corrected chi connectivity index (χ0v) is 10.8. The number of ether oxygens (including phenoxy) is 1. The Morgan fingerprint density at radius 2 is 2.00 bits per heavy atom. The molecule has 2 atom stereocenters. The van der Waals surface area contributed by atoms with Crippen LogP contribution in [0.25, 0.3) is 0 Å². The minimum absolute atomic E-state index is 0.308. The van der Waals surface area contributed by atoms with Gasteiger partial charge < -0.3 is 10.1 Å². The molecular weight excluding hydrogens is 222 g/mol. The van der Waals surface area contributed by atoms with Crippen molar-refractivity contribution in [1.29, 1.82) is 0 Å². The first-order chi connectivity index (χ1) is 7.71. The summed E-state index contributed by atoms with van der Waals surface area (Å²) in [5, 5.41) is 3.16. The van der Waals surface area contributed by atoms with Gasteiger partial charge in [0, 0.05) is 16.7 Å². The molecule has 0 radical (unpaired) electrons. The Hall–Kier alpha value is -0.870. The maximum absolute atomic E-state index is 12.0. The van der Waals surface area contributed by atoms with Crippen LogP contribution >= 0.6 is 0 Å². The summed E-state index contributed by atoms with van der Waals surface area (Å²) in [5.74, 6) is 1.45. The second-order valence-corrected chi connectivity index (χ2v) is 5.08. The third-order valence-electron chi connectivity index (χ3n) is 2.58. The molecule has 3 nitrogen and oxygen atoms in total. The first-order valence-electron chi connectivity index (χ1n) is 5.41. The van der Waals surface area contributed by atoms with Crippen LogP contribution in [0.4, 0.5) is 0 Å². The molecule has 90 valence electrons. The highest BCUT2D eigenvalue weighted by Gasteiger charge is 2.10. The molecule has 0 aliphatic heterocycles. The Balaban J connectivity index is 2.65. The van der Waals surface area contributed by atoms with Crippen LogP contribution in [0.2, 0.25) is 0 Å². The van der Waals surface area contributed by atoms with Gasteiger partial charge in [0.1, 0.15) is 5.75 Å². The minimum Gasteiger partial charge on any atom is -0.497 e. The summed E-state index contributed by atoms with van der Waals surface area (Å²) in [4.78, 5) is 0.856. The fraction of sp³-hybridized carbons (Fsp3) is 0.500. The molecule has 0 spiro atoms. The topological polar surface area (TPSA) is 38.3 Å². The molecule has 1 aromatic carbocycles. The van der Waals surface area contributed by atoms with Gasteiger partial charge in [-0.1, -0.05) is 6.92 Å². The number of rotatable bonds is 6. The van der Waals surface area contributed by atoms with Crippen molar-refractivity contribution in [2.24, 2.45) is 0 Å². The second kappa shape index (κ2) is 6.66. The fourth-order valence-electron chi connectivity index (χ4n) is 1.41. The average molecular weight is 241 g/mol. The van der Waals surface area contributed by atoms with Crippen LogP contribution < -0.4 is 10.1 Å². The molecule has 4 heteroatoms. The van der Waals surface area contributed by atoms with Crippen LogP contribution in [0, 0.1) is 0 Å². The molecule has 0 saturated carbocycles. The summed E-state index contributed by atoms with van der Waals surface area (Å²) in [5.41, 5.74) is 0. The van der Waals surface area contributed by atoms with Crippen molar-refractivity contribution in [3.63, 3.8) is 0 Å². The van der Waals surface area contributed by atoms with E-state index < -0.39 is 10.8 Å². The molecule has 0 bridgehead atoms. The van der Waals surface area contributed by atoms with Gasteiger partial charge in [-0.3, -0.25) is 4.21 Å². The Bertz CT molecular complexity index is 333. The summed E-state index contributed by atoms with van der Waals surface area (Å²) in [6.07, 6.45) is 0.985. The Morgan fingerprint density at radius 3 is 2.44 bits per heavy atom. The Labute approximate surface area is 99.7 Å². The van der Waals surface area contributed by atoms with E-state index in [1.165, 1.54) is 0 Å². The van der Waals surface area contributed by atoms with E-state index in [1.807, 2.05) is 31.3 Å². The van der Waals surface area contributed by atoms with E-state index in [0.29, 0.717) is 11.8 Å². The van der Waals surface area contributed by atoms with Crippen LogP contribution in [-0.2, 0) is 10.8 Å². The van der Waals surface area contributed by atoms with Crippen molar-refractivity contribution in [3.05, 3.63) is 24.3 Å². The SMILES string of the molecule is CCC(CS(=O)c1ccc(OC)cc1)NC. The molecule has 0 aromatic heterocycles. The molecule has 0 amide bonds.